The fourth-order valence-corrected chi connectivity index (χ4v) is 4.36. The molecule has 1 saturated heterocycles. The van der Waals surface area contributed by atoms with Crippen LogP contribution in [0, 0.1) is 0 Å². The van der Waals surface area contributed by atoms with Gasteiger partial charge in [0.05, 0.1) is 19.0 Å². The average Bonchev–Trinajstić information content (AvgIpc) is 3.43. The number of anilines is 1. The lowest BCUT2D eigenvalue weighted by molar-refractivity contribution is -0.0583. The Kier molecular flexibility index (Phi) is 4.67. The highest BCUT2D eigenvalue weighted by Gasteiger charge is 2.45. The summed E-state index contributed by atoms with van der Waals surface area (Å²) >= 11 is 0. The lowest BCUT2D eigenvalue weighted by atomic mass is 10.1. The largest absolute Gasteiger partial charge is 0.394 e. The van der Waals surface area contributed by atoms with Gasteiger partial charge in [-0.1, -0.05) is 24.3 Å². The number of aliphatic hydroxyl groups is 2. The number of aliphatic hydroxyl groups excluding tert-OH is 2. The number of nitrogens with zero attached hydrogens (tertiary/aromatic N) is 4. The van der Waals surface area contributed by atoms with Gasteiger partial charge in [0.15, 0.2) is 23.2 Å². The van der Waals surface area contributed by atoms with Gasteiger partial charge in [-0.25, -0.2) is 15.0 Å². The first-order chi connectivity index (χ1) is 14.2. The average molecular weight is 397 g/mol. The molecular formula is C20H23N5O4. The predicted molar refractivity (Wildman–Crippen MR) is 104 cm³/mol. The third kappa shape index (κ3) is 2.98. The summed E-state index contributed by atoms with van der Waals surface area (Å²) in [5.41, 5.74) is 3.84. The quantitative estimate of drug-likeness (QED) is 0.588. The zero-order valence-electron chi connectivity index (χ0n) is 16.0. The van der Waals surface area contributed by atoms with Gasteiger partial charge in [0.25, 0.3) is 0 Å². The summed E-state index contributed by atoms with van der Waals surface area (Å²) in [6.45, 7) is -0.299. The number of rotatable bonds is 5. The molecule has 9 heteroatoms. The topological polar surface area (TPSA) is 115 Å². The molecule has 5 atom stereocenters. The summed E-state index contributed by atoms with van der Waals surface area (Å²) in [6.07, 6.45) is 2.16. The molecule has 0 spiro atoms. The number of ether oxygens (including phenoxy) is 2. The molecule has 29 heavy (non-hydrogen) atoms. The van der Waals surface area contributed by atoms with Gasteiger partial charge in [0.2, 0.25) is 0 Å². The lowest BCUT2D eigenvalue weighted by Crippen LogP contribution is -2.34. The summed E-state index contributed by atoms with van der Waals surface area (Å²) in [5, 5.41) is 23.3. The van der Waals surface area contributed by atoms with Crippen LogP contribution in [0.1, 0.15) is 29.8 Å². The third-order valence-electron chi connectivity index (χ3n) is 5.84. The van der Waals surface area contributed by atoms with Crippen molar-refractivity contribution in [1.29, 1.82) is 0 Å². The van der Waals surface area contributed by atoms with Crippen LogP contribution in [-0.2, 0) is 15.9 Å². The molecule has 0 amide bonds. The lowest BCUT2D eigenvalue weighted by Gasteiger charge is -2.20. The smallest absolute Gasteiger partial charge is 0.167 e. The molecule has 152 valence electrons. The van der Waals surface area contributed by atoms with Gasteiger partial charge in [-0.15, -0.1) is 0 Å². The van der Waals surface area contributed by atoms with E-state index in [-0.39, 0.29) is 12.6 Å². The fourth-order valence-electron chi connectivity index (χ4n) is 4.36. The van der Waals surface area contributed by atoms with Gasteiger partial charge in [-0.3, -0.25) is 4.57 Å². The molecule has 9 nitrogen and oxygen atoms in total. The molecule has 0 radical (unpaired) electrons. The highest BCUT2D eigenvalue weighted by molar-refractivity contribution is 5.83. The molecule has 1 aliphatic carbocycles. The van der Waals surface area contributed by atoms with Gasteiger partial charge in [0, 0.05) is 7.11 Å². The number of fused-ring (bicyclic) bond motifs is 2. The van der Waals surface area contributed by atoms with Crippen LogP contribution < -0.4 is 5.32 Å². The van der Waals surface area contributed by atoms with Gasteiger partial charge < -0.3 is 25.0 Å². The zero-order chi connectivity index (χ0) is 20.0. The Bertz CT molecular complexity index is 1030. The van der Waals surface area contributed by atoms with Crippen LogP contribution in [0.25, 0.3) is 11.2 Å². The summed E-state index contributed by atoms with van der Waals surface area (Å²) < 4.78 is 13.0. The summed E-state index contributed by atoms with van der Waals surface area (Å²) in [4.78, 5) is 13.3. The van der Waals surface area contributed by atoms with Crippen molar-refractivity contribution in [1.82, 2.24) is 19.5 Å². The predicted octanol–water partition coefficient (Wildman–Crippen LogP) is 1.19. The van der Waals surface area contributed by atoms with Crippen LogP contribution in [0.3, 0.4) is 0 Å². The molecule has 2 aliphatic rings. The van der Waals surface area contributed by atoms with Crippen molar-refractivity contribution < 1.29 is 19.7 Å². The molecule has 1 fully saturated rings. The number of methoxy groups -OCH3 is 1. The van der Waals surface area contributed by atoms with E-state index in [4.69, 9.17) is 9.47 Å². The standard InChI is InChI=1S/C20H23N5O4/c1-28-17-16(27)14(8-26)29-20(17)25-10-23-15-18(21-9-22-19(15)25)24-13-7-6-11-4-2-3-5-12(11)13/h2-5,9-10,13-14,16-17,20,26-27H,6-8H2,1H3,(H,21,22,24)/t13?,14-,16-,17-,20-/m1/s1. The Balaban J connectivity index is 1.48. The van der Waals surface area contributed by atoms with E-state index in [9.17, 15) is 10.2 Å². The van der Waals surface area contributed by atoms with Crippen molar-refractivity contribution >= 4 is 17.0 Å². The van der Waals surface area contributed by atoms with E-state index < -0.39 is 24.5 Å². The molecule has 0 saturated carbocycles. The first-order valence-corrected chi connectivity index (χ1v) is 9.70. The second kappa shape index (κ2) is 7.34. The van der Waals surface area contributed by atoms with E-state index in [1.807, 2.05) is 6.07 Å². The molecule has 5 rings (SSSR count). The number of aryl methyl sites for hydroxylation is 1. The minimum absolute atomic E-state index is 0.171. The number of aromatic nitrogens is 4. The maximum absolute atomic E-state index is 10.3. The normalized spacial score (nSPS) is 28.7. The van der Waals surface area contributed by atoms with E-state index in [1.54, 1.807) is 10.9 Å². The summed E-state index contributed by atoms with van der Waals surface area (Å²) in [5.74, 6) is 0.654. The van der Waals surface area contributed by atoms with Crippen molar-refractivity contribution in [3.05, 3.63) is 48.0 Å². The van der Waals surface area contributed by atoms with Crippen molar-refractivity contribution in [3.63, 3.8) is 0 Å². The van der Waals surface area contributed by atoms with Crippen molar-refractivity contribution in [3.8, 4) is 0 Å². The van der Waals surface area contributed by atoms with Crippen molar-refractivity contribution in [2.24, 2.45) is 0 Å². The van der Waals surface area contributed by atoms with Crippen LogP contribution in [0.2, 0.25) is 0 Å². The number of imidazole rings is 1. The Morgan fingerprint density at radius 3 is 2.97 bits per heavy atom. The number of nitrogens with one attached hydrogen (secondary N) is 1. The third-order valence-corrected chi connectivity index (χ3v) is 5.84. The summed E-state index contributed by atoms with van der Waals surface area (Å²) in [6, 6.07) is 8.58. The molecule has 1 unspecified atom stereocenters. The minimum Gasteiger partial charge on any atom is -0.394 e. The Hall–Kier alpha value is -2.59. The highest BCUT2D eigenvalue weighted by Crippen LogP contribution is 2.36. The number of hydrogen-bond donors (Lipinski definition) is 3. The second-order valence-corrected chi connectivity index (χ2v) is 7.42. The van der Waals surface area contributed by atoms with Crippen LogP contribution >= 0.6 is 0 Å². The second-order valence-electron chi connectivity index (χ2n) is 7.42. The van der Waals surface area contributed by atoms with Gasteiger partial charge in [-0.2, -0.15) is 0 Å². The fraction of sp³-hybridized carbons (Fsp3) is 0.450. The summed E-state index contributed by atoms with van der Waals surface area (Å²) in [7, 11) is 1.50. The monoisotopic (exact) mass is 397 g/mol. The Labute approximate surface area is 167 Å². The van der Waals surface area contributed by atoms with E-state index in [1.165, 1.54) is 24.6 Å². The minimum atomic E-state index is -0.943. The molecule has 2 aromatic heterocycles. The molecule has 1 aliphatic heterocycles. The van der Waals surface area contributed by atoms with E-state index in [2.05, 4.69) is 38.5 Å². The van der Waals surface area contributed by atoms with Gasteiger partial charge in [-0.05, 0) is 24.0 Å². The molecular weight excluding hydrogens is 374 g/mol. The molecule has 1 aromatic carbocycles. The molecule has 3 aromatic rings. The van der Waals surface area contributed by atoms with E-state index in [0.717, 1.165) is 12.8 Å². The molecule has 0 bridgehead atoms. The van der Waals surface area contributed by atoms with Crippen LogP contribution in [0.15, 0.2) is 36.9 Å². The molecule has 3 heterocycles. The van der Waals surface area contributed by atoms with Crippen LogP contribution in [-0.4, -0.2) is 61.8 Å². The van der Waals surface area contributed by atoms with Gasteiger partial charge in [0.1, 0.15) is 24.6 Å². The van der Waals surface area contributed by atoms with E-state index >= 15 is 0 Å². The van der Waals surface area contributed by atoms with E-state index in [0.29, 0.717) is 17.0 Å². The SMILES string of the molecule is CO[C@@H]1[C@H](O)[C@@H](CO)O[C@H]1n1cnc2c(NC3CCc4ccccc43)ncnc21. The highest BCUT2D eigenvalue weighted by atomic mass is 16.6. The van der Waals surface area contributed by atoms with Crippen LogP contribution in [0.4, 0.5) is 5.82 Å². The maximum Gasteiger partial charge on any atom is 0.167 e. The Morgan fingerprint density at radius 1 is 1.28 bits per heavy atom. The Morgan fingerprint density at radius 2 is 2.14 bits per heavy atom. The first kappa shape index (κ1) is 18.4. The van der Waals surface area contributed by atoms with Crippen molar-refractivity contribution in [2.45, 2.75) is 43.4 Å². The molecule has 3 N–H and O–H groups in total. The zero-order valence-corrected chi connectivity index (χ0v) is 16.0. The van der Waals surface area contributed by atoms with Gasteiger partial charge >= 0.3 is 0 Å². The number of benzene rings is 1. The first-order valence-electron chi connectivity index (χ1n) is 9.70. The van der Waals surface area contributed by atoms with Crippen LogP contribution in [0.5, 0.6) is 0 Å². The van der Waals surface area contributed by atoms with Crippen molar-refractivity contribution in [2.75, 3.05) is 19.0 Å². The maximum atomic E-state index is 10.3. The number of hydrogen-bond acceptors (Lipinski definition) is 8.